The monoisotopic (exact) mass is 253 g/mol. The summed E-state index contributed by atoms with van der Waals surface area (Å²) in [6, 6.07) is 0. The maximum Gasteiger partial charge on any atom is 0.0930 e. The number of aromatic nitrogens is 1. The maximum atomic E-state index is 4.56. The summed E-state index contributed by atoms with van der Waals surface area (Å²) in [5, 5.41) is 4.52. The number of hydrogen-bond acceptors (Lipinski definition) is 4. The lowest BCUT2D eigenvalue weighted by molar-refractivity contribution is 0.342. The second kappa shape index (κ2) is 6.47. The summed E-state index contributed by atoms with van der Waals surface area (Å²) in [6.45, 7) is 7.04. The highest BCUT2D eigenvalue weighted by Gasteiger charge is 2.22. The topological polar surface area (TPSA) is 28.2 Å². The van der Waals surface area contributed by atoms with E-state index < -0.39 is 0 Å². The molecule has 2 rings (SSSR count). The number of thiazole rings is 1. The first-order valence-corrected chi connectivity index (χ1v) is 7.44. The molecule has 1 unspecified atom stereocenters. The van der Waals surface area contributed by atoms with Crippen molar-refractivity contribution < 1.29 is 0 Å². The lowest BCUT2D eigenvalue weighted by Gasteiger charge is -2.11. The molecule has 0 bridgehead atoms. The average Bonchev–Trinajstić information content (AvgIpc) is 2.96. The Bertz CT molecular complexity index is 337. The number of rotatable bonds is 6. The average molecular weight is 253 g/mol. The summed E-state index contributed by atoms with van der Waals surface area (Å²) in [5.41, 5.74) is 0. The predicted octanol–water partition coefficient (Wildman–Crippen LogP) is 1.79. The van der Waals surface area contributed by atoms with Crippen LogP contribution >= 0.6 is 11.3 Å². The van der Waals surface area contributed by atoms with Crippen LogP contribution in [0.5, 0.6) is 0 Å². The highest BCUT2D eigenvalue weighted by atomic mass is 32.1. The van der Waals surface area contributed by atoms with Crippen LogP contribution in [0.15, 0.2) is 6.20 Å². The van der Waals surface area contributed by atoms with Crippen molar-refractivity contribution >= 4 is 11.3 Å². The minimum absolute atomic E-state index is 0.832. The standard InChI is InChI=1S/C13H23N3S/c1-3-16-7-5-11(10-16)8-13-15-9-12(17-13)4-6-14-2/h9,11,14H,3-8,10H2,1-2H3. The van der Waals surface area contributed by atoms with E-state index in [1.54, 1.807) is 0 Å². The first-order valence-electron chi connectivity index (χ1n) is 6.62. The van der Waals surface area contributed by atoms with Crippen molar-refractivity contribution in [2.75, 3.05) is 33.2 Å². The van der Waals surface area contributed by atoms with E-state index in [4.69, 9.17) is 0 Å². The fourth-order valence-corrected chi connectivity index (χ4v) is 3.46. The molecule has 0 aromatic carbocycles. The van der Waals surface area contributed by atoms with E-state index in [0.717, 1.165) is 18.9 Å². The Morgan fingerprint density at radius 2 is 2.47 bits per heavy atom. The highest BCUT2D eigenvalue weighted by Crippen LogP contribution is 2.23. The van der Waals surface area contributed by atoms with Crippen molar-refractivity contribution in [2.24, 2.45) is 5.92 Å². The summed E-state index contributed by atoms with van der Waals surface area (Å²) in [5.74, 6) is 0.832. The lowest BCUT2D eigenvalue weighted by atomic mass is 10.1. The highest BCUT2D eigenvalue weighted by molar-refractivity contribution is 7.11. The van der Waals surface area contributed by atoms with Gasteiger partial charge in [0.25, 0.3) is 0 Å². The Labute approximate surface area is 108 Å². The van der Waals surface area contributed by atoms with E-state index in [9.17, 15) is 0 Å². The summed E-state index contributed by atoms with van der Waals surface area (Å²) in [7, 11) is 2.00. The van der Waals surface area contributed by atoms with Gasteiger partial charge in [0.05, 0.1) is 5.01 Å². The molecule has 17 heavy (non-hydrogen) atoms. The van der Waals surface area contributed by atoms with Gasteiger partial charge in [-0.2, -0.15) is 0 Å². The normalized spacial score (nSPS) is 21.2. The Balaban J connectivity index is 1.80. The molecule has 3 nitrogen and oxygen atoms in total. The zero-order valence-electron chi connectivity index (χ0n) is 10.9. The fraction of sp³-hybridized carbons (Fsp3) is 0.769. The number of likely N-dealkylation sites (tertiary alicyclic amines) is 1. The van der Waals surface area contributed by atoms with Crippen molar-refractivity contribution in [1.29, 1.82) is 0 Å². The fourth-order valence-electron chi connectivity index (χ4n) is 2.42. The van der Waals surface area contributed by atoms with Gasteiger partial charge in [0.15, 0.2) is 0 Å². The number of likely N-dealkylation sites (N-methyl/N-ethyl adjacent to an activating group) is 1. The zero-order valence-corrected chi connectivity index (χ0v) is 11.7. The molecule has 0 radical (unpaired) electrons. The third kappa shape index (κ3) is 3.76. The van der Waals surface area contributed by atoms with Crippen molar-refractivity contribution in [3.8, 4) is 0 Å². The first-order chi connectivity index (χ1) is 8.31. The van der Waals surface area contributed by atoms with Crippen LogP contribution in [0.3, 0.4) is 0 Å². The van der Waals surface area contributed by atoms with Gasteiger partial charge in [-0.3, -0.25) is 0 Å². The van der Waals surface area contributed by atoms with Crippen LogP contribution in [0, 0.1) is 5.92 Å². The van der Waals surface area contributed by atoms with Gasteiger partial charge >= 0.3 is 0 Å². The summed E-state index contributed by atoms with van der Waals surface area (Å²) < 4.78 is 0. The van der Waals surface area contributed by atoms with Crippen molar-refractivity contribution in [2.45, 2.75) is 26.2 Å². The van der Waals surface area contributed by atoms with E-state index in [1.807, 2.05) is 18.4 Å². The Morgan fingerprint density at radius 3 is 3.18 bits per heavy atom. The van der Waals surface area contributed by atoms with Gasteiger partial charge in [0.2, 0.25) is 0 Å². The quantitative estimate of drug-likeness (QED) is 0.838. The third-order valence-corrected chi connectivity index (χ3v) is 4.58. The molecule has 0 spiro atoms. The molecular formula is C13H23N3S. The Hall–Kier alpha value is -0.450. The van der Waals surface area contributed by atoms with Crippen LogP contribution in [0.25, 0.3) is 0 Å². The largest absolute Gasteiger partial charge is 0.319 e. The molecule has 96 valence electrons. The van der Waals surface area contributed by atoms with Crippen LogP contribution in [-0.2, 0) is 12.8 Å². The Kier molecular flexibility index (Phi) is 4.95. The van der Waals surface area contributed by atoms with Crippen molar-refractivity contribution in [3.05, 3.63) is 16.1 Å². The molecule has 1 fully saturated rings. The second-order valence-electron chi connectivity index (χ2n) is 4.83. The second-order valence-corrected chi connectivity index (χ2v) is 6.03. The number of nitrogens with one attached hydrogen (secondary N) is 1. The van der Waals surface area contributed by atoms with E-state index >= 15 is 0 Å². The van der Waals surface area contributed by atoms with E-state index in [2.05, 4.69) is 28.3 Å². The van der Waals surface area contributed by atoms with Gasteiger partial charge in [0.1, 0.15) is 0 Å². The maximum absolute atomic E-state index is 4.56. The van der Waals surface area contributed by atoms with E-state index in [0.29, 0.717) is 0 Å². The van der Waals surface area contributed by atoms with Gasteiger partial charge < -0.3 is 10.2 Å². The van der Waals surface area contributed by atoms with Crippen LogP contribution in [0.1, 0.15) is 23.2 Å². The molecule has 1 N–H and O–H groups in total. The molecule has 1 aliphatic heterocycles. The summed E-state index contributed by atoms with van der Waals surface area (Å²) in [6.07, 6.45) is 5.70. The molecule has 1 aromatic rings. The zero-order chi connectivity index (χ0) is 12.1. The van der Waals surface area contributed by atoms with E-state index in [1.165, 1.54) is 42.4 Å². The third-order valence-electron chi connectivity index (χ3n) is 3.50. The Morgan fingerprint density at radius 1 is 1.59 bits per heavy atom. The molecule has 4 heteroatoms. The molecule has 0 amide bonds. The summed E-state index contributed by atoms with van der Waals surface area (Å²) >= 11 is 1.90. The minimum Gasteiger partial charge on any atom is -0.319 e. The van der Waals surface area contributed by atoms with Crippen LogP contribution in [-0.4, -0.2) is 43.1 Å². The molecule has 1 aliphatic rings. The van der Waals surface area contributed by atoms with Gasteiger partial charge in [-0.1, -0.05) is 6.92 Å². The van der Waals surface area contributed by atoms with E-state index in [-0.39, 0.29) is 0 Å². The van der Waals surface area contributed by atoms with Crippen LogP contribution in [0.2, 0.25) is 0 Å². The molecule has 1 aromatic heterocycles. The smallest absolute Gasteiger partial charge is 0.0930 e. The van der Waals surface area contributed by atoms with Gasteiger partial charge in [-0.05, 0) is 45.4 Å². The van der Waals surface area contributed by atoms with Crippen molar-refractivity contribution in [1.82, 2.24) is 15.2 Å². The van der Waals surface area contributed by atoms with Gasteiger partial charge in [0, 0.05) is 24.0 Å². The first kappa shape index (κ1) is 13.0. The predicted molar refractivity (Wildman–Crippen MR) is 73.7 cm³/mol. The molecule has 1 saturated heterocycles. The van der Waals surface area contributed by atoms with Gasteiger partial charge in [-0.25, -0.2) is 4.98 Å². The molecule has 1 atom stereocenters. The number of nitrogens with zero attached hydrogens (tertiary/aromatic N) is 2. The van der Waals surface area contributed by atoms with Crippen LogP contribution < -0.4 is 5.32 Å². The van der Waals surface area contributed by atoms with Gasteiger partial charge in [-0.15, -0.1) is 11.3 Å². The summed E-state index contributed by atoms with van der Waals surface area (Å²) in [4.78, 5) is 8.51. The van der Waals surface area contributed by atoms with Crippen molar-refractivity contribution in [3.63, 3.8) is 0 Å². The lowest BCUT2D eigenvalue weighted by Crippen LogP contribution is -2.20. The molecule has 0 saturated carbocycles. The minimum atomic E-state index is 0.832. The van der Waals surface area contributed by atoms with Crippen LogP contribution in [0.4, 0.5) is 0 Å². The SMILES string of the molecule is CCN1CCC(Cc2ncc(CCNC)s2)C1. The molecule has 2 heterocycles. The molecule has 0 aliphatic carbocycles. The molecular weight excluding hydrogens is 230 g/mol. The number of hydrogen-bond donors (Lipinski definition) is 1.